The quantitative estimate of drug-likeness (QED) is 0.659. The molecule has 0 spiro atoms. The van der Waals surface area contributed by atoms with Crippen LogP contribution in [0.25, 0.3) is 10.9 Å². The largest absolute Gasteiger partial charge is 0.465 e. The second-order valence-electron chi connectivity index (χ2n) is 2.90. The van der Waals surface area contributed by atoms with Gasteiger partial charge < -0.3 is 4.74 Å². The molecular weight excluding hydrogens is 196 g/mol. The van der Waals surface area contributed by atoms with Crippen LogP contribution in [0.2, 0.25) is 0 Å². The molecule has 0 saturated carbocycles. The van der Waals surface area contributed by atoms with Gasteiger partial charge >= 0.3 is 5.97 Å². The lowest BCUT2D eigenvalue weighted by Gasteiger charge is -2.00. The second-order valence-corrected chi connectivity index (χ2v) is 2.90. The van der Waals surface area contributed by atoms with Crippen molar-refractivity contribution >= 4 is 16.9 Å². The molecule has 0 amide bonds. The van der Waals surface area contributed by atoms with E-state index in [-0.39, 0.29) is 0 Å². The van der Waals surface area contributed by atoms with Gasteiger partial charge in [0, 0.05) is 0 Å². The molecule has 0 aliphatic rings. The molecule has 1 aromatic heterocycles. The fourth-order valence-electron chi connectivity index (χ4n) is 1.28. The molecule has 0 unspecified atom stereocenters. The zero-order valence-electron chi connectivity index (χ0n) is 7.93. The molecule has 2 rings (SSSR count). The van der Waals surface area contributed by atoms with Gasteiger partial charge in [-0.2, -0.15) is 4.98 Å². The maximum absolute atomic E-state index is 11.3. The third-order valence-electron chi connectivity index (χ3n) is 2.02. The molecule has 1 heterocycles. The molecule has 0 aliphatic carbocycles. The van der Waals surface area contributed by atoms with Gasteiger partial charge in [0.1, 0.15) is 6.33 Å². The molecule has 5 nitrogen and oxygen atoms in total. The molecule has 0 saturated heterocycles. The van der Waals surface area contributed by atoms with Crippen LogP contribution in [0.15, 0.2) is 24.5 Å². The van der Waals surface area contributed by atoms with E-state index in [1.165, 1.54) is 19.5 Å². The average molecular weight is 203 g/mol. The smallest absolute Gasteiger partial charge is 0.337 e. The number of hydrogen-bond acceptors (Lipinski definition) is 4. The summed E-state index contributed by atoms with van der Waals surface area (Å²) in [7, 11) is 1.28. The molecular formula is C10H7N2O3. The SMILES string of the molecule is COC(=O)c1ccc2ncnc([O])c2c1. The summed E-state index contributed by atoms with van der Waals surface area (Å²) in [6.07, 6.45) is 1.20. The number of ether oxygens (including phenoxy) is 1. The van der Waals surface area contributed by atoms with Gasteiger partial charge in [-0.05, 0) is 18.2 Å². The highest BCUT2D eigenvalue weighted by molar-refractivity contribution is 5.95. The molecule has 15 heavy (non-hydrogen) atoms. The summed E-state index contributed by atoms with van der Waals surface area (Å²) in [5.74, 6) is -0.883. The average Bonchev–Trinajstić information content (AvgIpc) is 2.28. The van der Waals surface area contributed by atoms with Gasteiger partial charge in [0.15, 0.2) is 0 Å². The first-order valence-electron chi connectivity index (χ1n) is 4.22. The minimum absolute atomic E-state index is 0.317. The van der Waals surface area contributed by atoms with Crippen LogP contribution in [-0.2, 0) is 9.84 Å². The summed E-state index contributed by atoms with van der Waals surface area (Å²) in [4.78, 5) is 18.6. The van der Waals surface area contributed by atoms with Gasteiger partial charge in [-0.15, -0.1) is 0 Å². The van der Waals surface area contributed by atoms with Crippen LogP contribution in [0.3, 0.4) is 0 Å². The van der Waals surface area contributed by atoms with Crippen molar-refractivity contribution in [2.24, 2.45) is 0 Å². The lowest BCUT2D eigenvalue weighted by atomic mass is 10.1. The summed E-state index contributed by atoms with van der Waals surface area (Å²) in [5, 5.41) is 11.7. The van der Waals surface area contributed by atoms with Crippen molar-refractivity contribution in [3.05, 3.63) is 30.1 Å². The summed E-state index contributed by atoms with van der Waals surface area (Å²) >= 11 is 0. The first kappa shape index (κ1) is 9.39. The molecule has 5 heteroatoms. The summed E-state index contributed by atoms with van der Waals surface area (Å²) in [5.41, 5.74) is 0.833. The van der Waals surface area contributed by atoms with Crippen molar-refractivity contribution in [2.45, 2.75) is 0 Å². The van der Waals surface area contributed by atoms with Gasteiger partial charge in [-0.3, -0.25) is 5.11 Å². The van der Waals surface area contributed by atoms with Crippen molar-refractivity contribution in [3.63, 3.8) is 0 Å². The Bertz CT molecular complexity index is 525. The number of hydrogen-bond donors (Lipinski definition) is 0. The molecule has 2 aromatic rings. The van der Waals surface area contributed by atoms with E-state index in [0.29, 0.717) is 16.5 Å². The number of methoxy groups -OCH3 is 1. The number of carbonyl (C=O) groups is 1. The zero-order valence-corrected chi connectivity index (χ0v) is 7.93. The Hall–Kier alpha value is -2.17. The predicted molar refractivity (Wildman–Crippen MR) is 51.0 cm³/mol. The monoisotopic (exact) mass is 203 g/mol. The first-order chi connectivity index (χ1) is 7.22. The molecule has 1 aromatic carbocycles. The maximum atomic E-state index is 11.3. The Labute approximate surface area is 85.4 Å². The third-order valence-corrected chi connectivity index (χ3v) is 2.02. The number of esters is 1. The molecule has 0 fully saturated rings. The molecule has 75 valence electrons. The third kappa shape index (κ3) is 1.59. The Morgan fingerprint density at radius 2 is 2.13 bits per heavy atom. The van der Waals surface area contributed by atoms with Crippen molar-refractivity contribution in [1.29, 1.82) is 0 Å². The normalized spacial score (nSPS) is 10.2. The van der Waals surface area contributed by atoms with Gasteiger partial charge in [0.2, 0.25) is 0 Å². The highest BCUT2D eigenvalue weighted by Crippen LogP contribution is 2.21. The van der Waals surface area contributed by atoms with Crippen LogP contribution in [0.1, 0.15) is 10.4 Å². The maximum Gasteiger partial charge on any atom is 0.337 e. The van der Waals surface area contributed by atoms with E-state index in [1.54, 1.807) is 12.1 Å². The van der Waals surface area contributed by atoms with Gasteiger partial charge in [0.25, 0.3) is 5.88 Å². The van der Waals surface area contributed by atoms with Crippen LogP contribution in [0, 0.1) is 0 Å². The van der Waals surface area contributed by atoms with E-state index >= 15 is 0 Å². The van der Waals surface area contributed by atoms with Crippen molar-refractivity contribution < 1.29 is 14.6 Å². The number of aromatic nitrogens is 2. The highest BCUT2D eigenvalue weighted by atomic mass is 16.5. The van der Waals surface area contributed by atoms with E-state index in [4.69, 9.17) is 0 Å². The Kier molecular flexibility index (Phi) is 2.21. The fourth-order valence-corrected chi connectivity index (χ4v) is 1.28. The summed E-state index contributed by atoms with van der Waals surface area (Å²) in [6, 6.07) is 4.58. The lowest BCUT2D eigenvalue weighted by molar-refractivity contribution is 0.0601. The number of carbonyl (C=O) groups excluding carboxylic acids is 1. The predicted octanol–water partition coefficient (Wildman–Crippen LogP) is 1.56. The lowest BCUT2D eigenvalue weighted by Crippen LogP contribution is -2.00. The molecule has 0 aliphatic heterocycles. The van der Waals surface area contributed by atoms with E-state index in [9.17, 15) is 9.90 Å². The van der Waals surface area contributed by atoms with Crippen LogP contribution >= 0.6 is 0 Å². The van der Waals surface area contributed by atoms with Crippen LogP contribution in [-0.4, -0.2) is 23.0 Å². The number of fused-ring (bicyclic) bond motifs is 1. The summed E-state index contributed by atoms with van der Waals surface area (Å²) in [6.45, 7) is 0. The van der Waals surface area contributed by atoms with Crippen molar-refractivity contribution in [1.82, 2.24) is 9.97 Å². The van der Waals surface area contributed by atoms with E-state index in [1.807, 2.05) is 0 Å². The number of benzene rings is 1. The molecule has 1 radical (unpaired) electrons. The minimum atomic E-state index is -0.486. The van der Waals surface area contributed by atoms with Crippen LogP contribution in [0.4, 0.5) is 0 Å². The highest BCUT2D eigenvalue weighted by Gasteiger charge is 2.09. The van der Waals surface area contributed by atoms with E-state index < -0.39 is 11.8 Å². The number of rotatable bonds is 1. The zero-order chi connectivity index (χ0) is 10.8. The van der Waals surface area contributed by atoms with E-state index in [2.05, 4.69) is 14.7 Å². The topological polar surface area (TPSA) is 72.0 Å². The van der Waals surface area contributed by atoms with Crippen LogP contribution < -0.4 is 0 Å². The molecule has 0 atom stereocenters. The Balaban J connectivity index is 2.64. The van der Waals surface area contributed by atoms with Crippen molar-refractivity contribution in [2.75, 3.05) is 7.11 Å². The fraction of sp³-hybridized carbons (Fsp3) is 0.100. The number of nitrogens with zero attached hydrogens (tertiary/aromatic N) is 2. The van der Waals surface area contributed by atoms with Gasteiger partial charge in [-0.25, -0.2) is 9.78 Å². The van der Waals surface area contributed by atoms with Crippen LogP contribution in [0.5, 0.6) is 5.88 Å². The second kappa shape index (κ2) is 3.53. The molecule has 0 N–H and O–H groups in total. The Morgan fingerprint density at radius 3 is 2.87 bits per heavy atom. The Morgan fingerprint density at radius 1 is 1.33 bits per heavy atom. The summed E-state index contributed by atoms with van der Waals surface area (Å²) < 4.78 is 4.54. The standard InChI is InChI=1S/C10H7N2O3/c1-15-10(14)6-2-3-8-7(4-6)9(13)12-5-11-8/h2-5H,1H3. The van der Waals surface area contributed by atoms with Gasteiger partial charge in [0.05, 0.1) is 23.6 Å². The minimum Gasteiger partial charge on any atom is -0.465 e. The molecule has 0 bridgehead atoms. The first-order valence-corrected chi connectivity index (χ1v) is 4.22. The van der Waals surface area contributed by atoms with Crippen molar-refractivity contribution in [3.8, 4) is 5.88 Å². The van der Waals surface area contributed by atoms with Gasteiger partial charge in [-0.1, -0.05) is 0 Å². The van der Waals surface area contributed by atoms with E-state index in [0.717, 1.165) is 0 Å².